The lowest BCUT2D eigenvalue weighted by atomic mass is 9.92. The number of alkyl halides is 2. The molecule has 3 aliphatic heterocycles. The van der Waals surface area contributed by atoms with E-state index < -0.39 is 24.1 Å². The van der Waals surface area contributed by atoms with Gasteiger partial charge in [0.15, 0.2) is 17.2 Å². The molecule has 0 saturated carbocycles. The van der Waals surface area contributed by atoms with Crippen LogP contribution in [0.5, 0.6) is 0 Å². The van der Waals surface area contributed by atoms with E-state index in [4.69, 9.17) is 14.4 Å². The molecule has 9 rings (SSSR count). The van der Waals surface area contributed by atoms with Crippen molar-refractivity contribution in [3.8, 4) is 28.7 Å². The molecule has 3 aliphatic rings. The molecule has 2 N–H and O–H groups in total. The molecule has 0 unspecified atom stereocenters. The Hall–Kier alpha value is -5.88. The highest BCUT2D eigenvalue weighted by Gasteiger charge is 2.31. The molecule has 284 valence electrons. The molecule has 6 aromatic rings. The molecule has 2 atom stereocenters. The predicted molar refractivity (Wildman–Crippen MR) is 204 cm³/mol. The second-order valence-electron chi connectivity index (χ2n) is 15.0. The van der Waals surface area contributed by atoms with Gasteiger partial charge in [0.1, 0.15) is 17.1 Å². The number of β-amino-alcohol motifs (C(OH)–C–C–N with tert-alkyl or cyclic N) is 1. The summed E-state index contributed by atoms with van der Waals surface area (Å²) in [6, 6.07) is 19.6. The molecule has 3 aromatic heterocycles. The maximum atomic E-state index is 14.2. The number of anilines is 2. The number of aliphatic hydroxyl groups excluding tert-OH is 1. The van der Waals surface area contributed by atoms with Crippen LogP contribution in [0.4, 0.5) is 20.3 Å². The van der Waals surface area contributed by atoms with Crippen LogP contribution >= 0.6 is 0 Å². The Kier molecular flexibility index (Phi) is 9.15. The molecule has 56 heavy (non-hydrogen) atoms. The van der Waals surface area contributed by atoms with E-state index in [0.717, 1.165) is 51.2 Å². The number of aliphatic hydroxyl groups is 1. The Labute approximate surface area is 320 Å². The Morgan fingerprint density at radius 2 is 1.70 bits per heavy atom. The third-order valence-corrected chi connectivity index (χ3v) is 11.3. The van der Waals surface area contributed by atoms with Crippen LogP contribution in [0, 0.1) is 24.2 Å². The normalized spacial score (nSPS) is 18.8. The Morgan fingerprint density at radius 3 is 2.46 bits per heavy atom. The van der Waals surface area contributed by atoms with Crippen molar-refractivity contribution < 1.29 is 28.2 Å². The Bertz CT molecular complexity index is 2570. The summed E-state index contributed by atoms with van der Waals surface area (Å²) in [6.45, 7) is 6.00. The van der Waals surface area contributed by atoms with Crippen molar-refractivity contribution in [1.29, 1.82) is 5.26 Å². The van der Waals surface area contributed by atoms with E-state index >= 15 is 0 Å². The Balaban J connectivity index is 1.04. The van der Waals surface area contributed by atoms with Crippen LogP contribution in [0.25, 0.3) is 44.7 Å². The number of likely N-dealkylation sites (tertiary alicyclic amines) is 2. The summed E-state index contributed by atoms with van der Waals surface area (Å²) in [7, 11) is 0. The number of carbonyl (C=O) groups is 1. The fourth-order valence-corrected chi connectivity index (χ4v) is 8.53. The summed E-state index contributed by atoms with van der Waals surface area (Å²) in [5, 5.41) is 29.4. The van der Waals surface area contributed by atoms with Crippen molar-refractivity contribution in [3.63, 3.8) is 0 Å². The summed E-state index contributed by atoms with van der Waals surface area (Å²) in [5.41, 5.74) is 9.35. The number of nitrogens with zero attached hydrogens (tertiary/aromatic N) is 8. The minimum absolute atomic E-state index is 0.334. The molecule has 0 spiro atoms. The number of aliphatic carboxylic acids is 1. The molecule has 2 fully saturated rings. The Morgan fingerprint density at radius 1 is 0.946 bits per heavy atom. The van der Waals surface area contributed by atoms with E-state index in [-0.39, 0.29) is 6.10 Å². The van der Waals surface area contributed by atoms with Gasteiger partial charge in [-0.1, -0.05) is 24.3 Å². The number of benzene rings is 3. The van der Waals surface area contributed by atoms with Gasteiger partial charge in [-0.15, -0.1) is 0 Å². The number of hydrogen-bond donors (Lipinski definition) is 2. The smallest absolute Gasteiger partial charge is 0.307 e. The summed E-state index contributed by atoms with van der Waals surface area (Å²) in [4.78, 5) is 35.8. The van der Waals surface area contributed by atoms with E-state index in [0.29, 0.717) is 97.9 Å². The van der Waals surface area contributed by atoms with E-state index in [1.807, 2.05) is 48.2 Å². The molecular formula is C42H38F2N8O4. The van der Waals surface area contributed by atoms with Gasteiger partial charge in [0.05, 0.1) is 23.1 Å². The minimum Gasteiger partial charge on any atom is -0.481 e. The van der Waals surface area contributed by atoms with Gasteiger partial charge < -0.3 is 19.5 Å². The van der Waals surface area contributed by atoms with Crippen LogP contribution in [-0.2, 0) is 24.3 Å². The number of rotatable bonds is 9. The summed E-state index contributed by atoms with van der Waals surface area (Å²) in [6.07, 6.45) is 0.432. The highest BCUT2D eigenvalue weighted by atomic mass is 19.3. The minimum atomic E-state index is -2.87. The SMILES string of the molecule is Cc1c(-c2nc3cc(CN4CC[C@@H](C(=O)O)C4)cc(C#N)c3o2)cccc1-c1cccc2c1CCN2c1nc(C(F)F)nc2cc(CN3CC[C@H](O)C3)cnc12. The predicted octanol–water partition coefficient (Wildman–Crippen LogP) is 6.79. The number of halogens is 2. The third-order valence-electron chi connectivity index (χ3n) is 11.3. The number of carboxylic acid groups (broad SMARTS) is 1. The summed E-state index contributed by atoms with van der Waals surface area (Å²) in [5.74, 6) is -1.02. The van der Waals surface area contributed by atoms with Crippen LogP contribution in [0.15, 0.2) is 65.2 Å². The van der Waals surface area contributed by atoms with Gasteiger partial charge in [0.25, 0.3) is 6.43 Å². The second kappa shape index (κ2) is 14.3. The maximum absolute atomic E-state index is 14.2. The van der Waals surface area contributed by atoms with Gasteiger partial charge in [-0.05, 0) is 96.4 Å². The lowest BCUT2D eigenvalue weighted by molar-refractivity contribution is -0.141. The quantitative estimate of drug-likeness (QED) is 0.160. The molecule has 3 aromatic carbocycles. The van der Waals surface area contributed by atoms with Crippen molar-refractivity contribution >= 4 is 39.6 Å². The molecule has 0 aliphatic carbocycles. The highest BCUT2D eigenvalue weighted by molar-refractivity contribution is 5.92. The average Bonchev–Trinajstić information content (AvgIpc) is 4.01. The van der Waals surface area contributed by atoms with Crippen molar-refractivity contribution in [1.82, 2.24) is 29.7 Å². The van der Waals surface area contributed by atoms with Gasteiger partial charge in [0.2, 0.25) is 5.89 Å². The van der Waals surface area contributed by atoms with E-state index in [9.17, 15) is 29.1 Å². The van der Waals surface area contributed by atoms with Gasteiger partial charge >= 0.3 is 5.97 Å². The first-order chi connectivity index (χ1) is 27.1. The number of pyridine rings is 1. The number of aromatic nitrogens is 4. The number of carboxylic acids is 1. The topological polar surface area (TPSA) is 156 Å². The van der Waals surface area contributed by atoms with Gasteiger partial charge in [-0.25, -0.2) is 23.7 Å². The first kappa shape index (κ1) is 35.8. The lowest BCUT2D eigenvalue weighted by Gasteiger charge is -2.21. The number of fused-ring (bicyclic) bond motifs is 3. The van der Waals surface area contributed by atoms with E-state index in [1.165, 1.54) is 0 Å². The molecule has 0 amide bonds. The van der Waals surface area contributed by atoms with Crippen molar-refractivity contribution in [2.24, 2.45) is 5.92 Å². The fourth-order valence-electron chi connectivity index (χ4n) is 8.53. The third kappa shape index (κ3) is 6.51. The number of oxazole rings is 1. The van der Waals surface area contributed by atoms with Gasteiger partial charge in [-0.3, -0.25) is 19.6 Å². The molecule has 0 bridgehead atoms. The van der Waals surface area contributed by atoms with Gasteiger partial charge in [0, 0.05) is 56.7 Å². The first-order valence-electron chi connectivity index (χ1n) is 18.8. The van der Waals surface area contributed by atoms with Crippen LogP contribution in [-0.4, -0.2) is 84.7 Å². The molecule has 14 heteroatoms. The van der Waals surface area contributed by atoms with E-state index in [2.05, 4.69) is 31.9 Å². The number of nitriles is 1. The lowest BCUT2D eigenvalue weighted by Crippen LogP contribution is -2.22. The summed E-state index contributed by atoms with van der Waals surface area (Å²) >= 11 is 0. The zero-order chi connectivity index (χ0) is 38.7. The molecule has 2 saturated heterocycles. The van der Waals surface area contributed by atoms with Crippen molar-refractivity contribution in [2.45, 2.75) is 51.8 Å². The largest absolute Gasteiger partial charge is 0.481 e. The van der Waals surface area contributed by atoms with Crippen molar-refractivity contribution in [2.75, 3.05) is 37.6 Å². The van der Waals surface area contributed by atoms with E-state index in [1.54, 1.807) is 18.3 Å². The molecule has 6 heterocycles. The summed E-state index contributed by atoms with van der Waals surface area (Å²) < 4.78 is 34.8. The fraction of sp³-hybridized carbons (Fsp3) is 0.333. The highest BCUT2D eigenvalue weighted by Crippen LogP contribution is 2.43. The maximum Gasteiger partial charge on any atom is 0.307 e. The zero-order valence-corrected chi connectivity index (χ0v) is 30.6. The second-order valence-corrected chi connectivity index (χ2v) is 15.0. The van der Waals surface area contributed by atoms with Crippen LogP contribution in [0.2, 0.25) is 0 Å². The molecular weight excluding hydrogens is 719 g/mol. The van der Waals surface area contributed by atoms with Crippen molar-refractivity contribution in [3.05, 3.63) is 94.4 Å². The average molecular weight is 757 g/mol. The monoisotopic (exact) mass is 756 g/mol. The molecule has 12 nitrogen and oxygen atoms in total. The standard InChI is InChI=1S/C42H38F2N8O4/c1-23-29(4-2-5-30(23)41-48-34-15-24(14-27(17-45)37(34)56-41)19-50-11-8-26(21-50)42(54)55)31-6-3-7-35-32(31)10-13-52(35)40-36-33(47-39(49-40)38(43)44)16-25(18-46-36)20-51-12-9-28(53)22-51/h2-7,14-16,18,26,28,38,53H,8-13,19-22H2,1H3,(H,54,55)/t26-,28+/m1/s1. The van der Waals surface area contributed by atoms with Crippen LogP contribution in [0.3, 0.4) is 0 Å². The van der Waals surface area contributed by atoms with Crippen LogP contribution < -0.4 is 4.90 Å². The molecule has 0 radical (unpaired) electrons. The van der Waals surface area contributed by atoms with Crippen LogP contribution in [0.1, 0.15) is 52.9 Å². The number of hydrogen-bond acceptors (Lipinski definition) is 11. The zero-order valence-electron chi connectivity index (χ0n) is 30.6. The van der Waals surface area contributed by atoms with Gasteiger partial charge in [-0.2, -0.15) is 5.26 Å². The first-order valence-corrected chi connectivity index (χ1v) is 18.8.